The van der Waals surface area contributed by atoms with Crippen LogP contribution in [0.15, 0.2) is 24.3 Å². The Labute approximate surface area is 294 Å². The Balaban J connectivity index is 3.53. The molecule has 0 atom stereocenters. The highest BCUT2D eigenvalue weighted by molar-refractivity contribution is 5.76. The Morgan fingerprint density at radius 2 is 0.723 bits per heavy atom. The van der Waals surface area contributed by atoms with Crippen LogP contribution in [0.3, 0.4) is 0 Å². The summed E-state index contributed by atoms with van der Waals surface area (Å²) in [6, 6.07) is 0. The van der Waals surface area contributed by atoms with Crippen molar-refractivity contribution in [3.8, 4) is 0 Å². The number of amides is 2. The van der Waals surface area contributed by atoms with E-state index < -0.39 is 0 Å². The highest BCUT2D eigenvalue weighted by Gasteiger charge is 2.06. The third-order valence-electron chi connectivity index (χ3n) is 9.28. The molecule has 47 heavy (non-hydrogen) atoms. The summed E-state index contributed by atoms with van der Waals surface area (Å²) in [6.07, 6.45) is 43.9. The molecular weight excluding hydrogens is 578 g/mol. The molecule has 0 aliphatic carbocycles. The number of allylic oxidation sites excluding steroid dienone is 4. The molecule has 0 spiro atoms. The first-order chi connectivity index (χ1) is 23.1. The highest BCUT2D eigenvalue weighted by atomic mass is 16.2. The molecule has 0 aromatic heterocycles. The van der Waals surface area contributed by atoms with Gasteiger partial charge in [0.15, 0.2) is 0 Å². The first-order valence-electron chi connectivity index (χ1n) is 20.7. The maximum absolute atomic E-state index is 12.2. The third kappa shape index (κ3) is 37.1. The van der Waals surface area contributed by atoms with E-state index >= 15 is 0 Å². The maximum atomic E-state index is 12.2. The van der Waals surface area contributed by atoms with Crippen LogP contribution in [-0.2, 0) is 9.59 Å². The fraction of sp³-hybridized carbons (Fsp3) is 0.857. The standard InChI is InChI=1S/C42H81N3O2/c1-4-7-9-11-13-15-17-19-21-23-25-27-29-31-33-35-41(46)43-37-39-45(6-3)40-38-44-42(47)36-34-32-30-28-26-24-22-20-18-16-14-12-10-8-5-2/h19-22H,4-18,23-40H2,1-3H3,(H,43,46)(H,44,47). The Kier molecular flexibility index (Phi) is 37.5. The van der Waals surface area contributed by atoms with Gasteiger partial charge in [-0.05, 0) is 70.8 Å². The van der Waals surface area contributed by atoms with Gasteiger partial charge in [-0.25, -0.2) is 0 Å². The predicted octanol–water partition coefficient (Wildman–Crippen LogP) is 11.6. The highest BCUT2D eigenvalue weighted by Crippen LogP contribution is 2.11. The predicted molar refractivity (Wildman–Crippen MR) is 207 cm³/mol. The van der Waals surface area contributed by atoms with Crippen molar-refractivity contribution >= 4 is 11.8 Å². The van der Waals surface area contributed by atoms with E-state index in [0.29, 0.717) is 25.9 Å². The average molecular weight is 660 g/mol. The molecule has 0 unspecified atom stereocenters. The van der Waals surface area contributed by atoms with Crippen molar-refractivity contribution in [2.45, 2.75) is 201 Å². The Hall–Kier alpha value is -1.62. The first-order valence-corrected chi connectivity index (χ1v) is 20.7. The largest absolute Gasteiger partial charge is 0.355 e. The van der Waals surface area contributed by atoms with Gasteiger partial charge in [0.1, 0.15) is 0 Å². The van der Waals surface area contributed by atoms with E-state index in [1.807, 2.05) is 0 Å². The van der Waals surface area contributed by atoms with E-state index in [-0.39, 0.29) is 11.8 Å². The van der Waals surface area contributed by atoms with Gasteiger partial charge >= 0.3 is 0 Å². The monoisotopic (exact) mass is 660 g/mol. The molecule has 0 heterocycles. The van der Waals surface area contributed by atoms with E-state index in [2.05, 4.69) is 60.6 Å². The average Bonchev–Trinajstić information content (AvgIpc) is 3.07. The van der Waals surface area contributed by atoms with Crippen LogP contribution in [0, 0.1) is 0 Å². The molecule has 276 valence electrons. The zero-order chi connectivity index (χ0) is 34.3. The minimum absolute atomic E-state index is 0.173. The minimum atomic E-state index is 0.173. The van der Waals surface area contributed by atoms with Crippen molar-refractivity contribution in [3.63, 3.8) is 0 Å². The smallest absolute Gasteiger partial charge is 0.220 e. The zero-order valence-corrected chi connectivity index (χ0v) is 31.9. The minimum Gasteiger partial charge on any atom is -0.355 e. The number of nitrogens with zero attached hydrogens (tertiary/aromatic N) is 1. The normalized spacial score (nSPS) is 11.7. The fourth-order valence-corrected chi connectivity index (χ4v) is 6.02. The van der Waals surface area contributed by atoms with Crippen molar-refractivity contribution in [2.24, 2.45) is 0 Å². The summed E-state index contributed by atoms with van der Waals surface area (Å²) in [4.78, 5) is 26.8. The van der Waals surface area contributed by atoms with Crippen LogP contribution in [0.5, 0.6) is 0 Å². The number of carbonyl (C=O) groups is 2. The number of rotatable bonds is 37. The third-order valence-corrected chi connectivity index (χ3v) is 9.28. The molecule has 0 bridgehead atoms. The van der Waals surface area contributed by atoms with Gasteiger partial charge < -0.3 is 15.5 Å². The Bertz CT molecular complexity index is 663. The van der Waals surface area contributed by atoms with Crippen molar-refractivity contribution < 1.29 is 9.59 Å². The summed E-state index contributed by atoms with van der Waals surface area (Å²) in [6.45, 7) is 10.6. The zero-order valence-electron chi connectivity index (χ0n) is 31.9. The van der Waals surface area contributed by atoms with Crippen LogP contribution in [0.1, 0.15) is 201 Å². The summed E-state index contributed by atoms with van der Waals surface area (Å²) in [5, 5.41) is 6.17. The summed E-state index contributed by atoms with van der Waals surface area (Å²) in [5.74, 6) is 0.346. The fourth-order valence-electron chi connectivity index (χ4n) is 6.02. The Morgan fingerprint density at radius 3 is 1.04 bits per heavy atom. The molecule has 2 N–H and O–H groups in total. The molecule has 5 heteroatoms. The summed E-state index contributed by atoms with van der Waals surface area (Å²) in [5.41, 5.74) is 0. The number of hydrogen-bond donors (Lipinski definition) is 2. The molecule has 0 fully saturated rings. The van der Waals surface area contributed by atoms with Crippen LogP contribution < -0.4 is 10.6 Å². The molecule has 0 aromatic rings. The number of unbranched alkanes of at least 4 members (excludes halogenated alkanes) is 22. The van der Waals surface area contributed by atoms with Gasteiger partial charge in [-0.15, -0.1) is 0 Å². The Morgan fingerprint density at radius 1 is 0.426 bits per heavy atom. The van der Waals surface area contributed by atoms with Gasteiger partial charge in [0.2, 0.25) is 11.8 Å². The second kappa shape index (κ2) is 38.8. The molecule has 5 nitrogen and oxygen atoms in total. The lowest BCUT2D eigenvalue weighted by Crippen LogP contribution is -2.39. The number of carbonyl (C=O) groups excluding carboxylic acids is 2. The first kappa shape index (κ1) is 45.4. The van der Waals surface area contributed by atoms with Crippen molar-refractivity contribution in [1.29, 1.82) is 0 Å². The number of hydrogen-bond acceptors (Lipinski definition) is 3. The van der Waals surface area contributed by atoms with Gasteiger partial charge in [-0.3, -0.25) is 9.59 Å². The van der Waals surface area contributed by atoms with Gasteiger partial charge in [-0.1, -0.05) is 148 Å². The van der Waals surface area contributed by atoms with E-state index in [1.54, 1.807) is 0 Å². The number of nitrogens with one attached hydrogen (secondary N) is 2. The van der Waals surface area contributed by atoms with Crippen LogP contribution in [-0.4, -0.2) is 49.4 Å². The molecule has 0 radical (unpaired) electrons. The second-order valence-electron chi connectivity index (χ2n) is 13.8. The van der Waals surface area contributed by atoms with Crippen LogP contribution >= 0.6 is 0 Å². The van der Waals surface area contributed by atoms with Crippen LogP contribution in [0.4, 0.5) is 0 Å². The molecule has 0 saturated carbocycles. The lowest BCUT2D eigenvalue weighted by molar-refractivity contribution is -0.121. The SMILES string of the molecule is CCCCCCCCC=CCCCCCCCC(=O)NCCN(CC)CCNC(=O)CCCCCCCC=CCCCCCCCC. The number of likely N-dealkylation sites (N-methyl/N-ethyl adjacent to an activating group) is 1. The molecule has 0 saturated heterocycles. The lowest BCUT2D eigenvalue weighted by Gasteiger charge is -2.20. The summed E-state index contributed by atoms with van der Waals surface area (Å²) in [7, 11) is 0. The molecule has 0 aromatic carbocycles. The van der Waals surface area contributed by atoms with Crippen molar-refractivity contribution in [2.75, 3.05) is 32.7 Å². The second-order valence-corrected chi connectivity index (χ2v) is 13.8. The topological polar surface area (TPSA) is 61.4 Å². The quantitative estimate of drug-likeness (QED) is 0.0515. The van der Waals surface area contributed by atoms with Gasteiger partial charge in [0.05, 0.1) is 0 Å². The van der Waals surface area contributed by atoms with Gasteiger partial charge in [0.25, 0.3) is 0 Å². The molecular formula is C42H81N3O2. The van der Waals surface area contributed by atoms with Gasteiger partial charge in [-0.2, -0.15) is 0 Å². The molecule has 0 aliphatic heterocycles. The maximum Gasteiger partial charge on any atom is 0.220 e. The van der Waals surface area contributed by atoms with E-state index in [1.165, 1.54) is 141 Å². The van der Waals surface area contributed by atoms with E-state index in [0.717, 1.165) is 45.3 Å². The van der Waals surface area contributed by atoms with Crippen LogP contribution in [0.25, 0.3) is 0 Å². The van der Waals surface area contributed by atoms with E-state index in [4.69, 9.17) is 0 Å². The summed E-state index contributed by atoms with van der Waals surface area (Å²) >= 11 is 0. The molecule has 0 aliphatic rings. The summed E-state index contributed by atoms with van der Waals surface area (Å²) < 4.78 is 0. The molecule has 0 rings (SSSR count). The van der Waals surface area contributed by atoms with Crippen LogP contribution in [0.2, 0.25) is 0 Å². The lowest BCUT2D eigenvalue weighted by atomic mass is 10.1. The molecule has 2 amide bonds. The van der Waals surface area contributed by atoms with E-state index in [9.17, 15) is 9.59 Å². The van der Waals surface area contributed by atoms with Crippen molar-refractivity contribution in [1.82, 2.24) is 15.5 Å². The van der Waals surface area contributed by atoms with Gasteiger partial charge in [0, 0.05) is 39.0 Å². The van der Waals surface area contributed by atoms with Crippen molar-refractivity contribution in [3.05, 3.63) is 24.3 Å².